The number of aryl methyl sites for hydroxylation is 3. The molecule has 0 aliphatic rings. The number of halogens is 1. The van der Waals surface area contributed by atoms with E-state index in [0.29, 0.717) is 17.9 Å². The molecule has 1 aromatic heterocycles. The van der Waals surface area contributed by atoms with Gasteiger partial charge in [-0.1, -0.05) is 29.3 Å². The van der Waals surface area contributed by atoms with Gasteiger partial charge in [-0.2, -0.15) is 0 Å². The molecule has 2 aromatic rings. The summed E-state index contributed by atoms with van der Waals surface area (Å²) in [5, 5.41) is 3.30. The number of anilines is 2. The zero-order valence-electron chi connectivity index (χ0n) is 11.0. The van der Waals surface area contributed by atoms with Crippen molar-refractivity contribution in [2.45, 2.75) is 20.8 Å². The van der Waals surface area contributed by atoms with Crippen LogP contribution in [0.1, 0.15) is 27.3 Å². The Bertz CT molecular complexity index is 641. The molecule has 0 bridgehead atoms. The third-order valence-corrected chi connectivity index (χ3v) is 3.05. The van der Waals surface area contributed by atoms with Crippen molar-refractivity contribution < 1.29 is 4.79 Å². The van der Waals surface area contributed by atoms with Crippen molar-refractivity contribution >= 4 is 29.4 Å². The van der Waals surface area contributed by atoms with Crippen molar-refractivity contribution in [1.82, 2.24) is 9.97 Å². The summed E-state index contributed by atoms with van der Waals surface area (Å²) in [5.74, 6) is 0.947. The highest BCUT2D eigenvalue weighted by molar-refractivity contribution is 6.32. The second-order valence-electron chi connectivity index (χ2n) is 4.39. The van der Waals surface area contributed by atoms with E-state index in [4.69, 9.17) is 11.6 Å². The van der Waals surface area contributed by atoms with Crippen LogP contribution in [-0.2, 0) is 0 Å². The van der Waals surface area contributed by atoms with Crippen LogP contribution < -0.4 is 5.32 Å². The highest BCUT2D eigenvalue weighted by atomic mass is 35.5. The molecule has 0 aliphatic carbocycles. The first-order chi connectivity index (χ1) is 9.01. The summed E-state index contributed by atoms with van der Waals surface area (Å²) in [5.41, 5.74) is 3.41. The number of rotatable bonds is 3. The maximum Gasteiger partial charge on any atom is 0.156 e. The van der Waals surface area contributed by atoms with Gasteiger partial charge < -0.3 is 5.32 Å². The summed E-state index contributed by atoms with van der Waals surface area (Å²) < 4.78 is 0. The van der Waals surface area contributed by atoms with Crippen LogP contribution in [0, 0.1) is 20.8 Å². The van der Waals surface area contributed by atoms with Gasteiger partial charge in [0, 0.05) is 5.69 Å². The van der Waals surface area contributed by atoms with Gasteiger partial charge in [0.05, 0.1) is 5.56 Å². The fourth-order valence-electron chi connectivity index (χ4n) is 1.83. The SMILES string of the molecule is Cc1ccc(Nc2nc(C)nc(Cl)c2C=O)c(C)c1. The highest BCUT2D eigenvalue weighted by Gasteiger charge is 2.12. The monoisotopic (exact) mass is 275 g/mol. The largest absolute Gasteiger partial charge is 0.339 e. The fraction of sp³-hybridized carbons (Fsp3) is 0.214. The molecule has 0 spiro atoms. The Morgan fingerprint density at radius 1 is 1.21 bits per heavy atom. The van der Waals surface area contributed by atoms with E-state index in [-0.39, 0.29) is 10.7 Å². The van der Waals surface area contributed by atoms with Crippen LogP contribution in [0.3, 0.4) is 0 Å². The van der Waals surface area contributed by atoms with Gasteiger partial charge in [0.1, 0.15) is 16.8 Å². The Kier molecular flexibility index (Phi) is 3.81. The number of hydrogen-bond acceptors (Lipinski definition) is 4. The lowest BCUT2D eigenvalue weighted by atomic mass is 10.1. The van der Waals surface area contributed by atoms with E-state index in [1.54, 1.807) is 6.92 Å². The predicted molar refractivity (Wildman–Crippen MR) is 76.4 cm³/mol. The summed E-state index contributed by atoms with van der Waals surface area (Å²) in [6.07, 6.45) is 0.660. The average molecular weight is 276 g/mol. The Balaban J connectivity index is 2.45. The molecule has 1 heterocycles. The van der Waals surface area contributed by atoms with Crippen LogP contribution in [0.4, 0.5) is 11.5 Å². The van der Waals surface area contributed by atoms with Gasteiger partial charge in [0.2, 0.25) is 0 Å². The fourth-order valence-corrected chi connectivity index (χ4v) is 2.08. The molecule has 19 heavy (non-hydrogen) atoms. The van der Waals surface area contributed by atoms with Crippen molar-refractivity contribution in [3.8, 4) is 0 Å². The van der Waals surface area contributed by atoms with Crippen molar-refractivity contribution in [2.24, 2.45) is 0 Å². The maximum atomic E-state index is 11.1. The van der Waals surface area contributed by atoms with E-state index in [2.05, 4.69) is 21.4 Å². The van der Waals surface area contributed by atoms with E-state index in [9.17, 15) is 4.79 Å². The number of aromatic nitrogens is 2. The zero-order chi connectivity index (χ0) is 14.0. The summed E-state index contributed by atoms with van der Waals surface area (Å²) >= 11 is 5.94. The molecule has 4 nitrogen and oxygen atoms in total. The molecular weight excluding hydrogens is 262 g/mol. The Labute approximate surface area is 116 Å². The molecule has 0 saturated carbocycles. The smallest absolute Gasteiger partial charge is 0.156 e. The van der Waals surface area contributed by atoms with Crippen LogP contribution in [-0.4, -0.2) is 16.3 Å². The van der Waals surface area contributed by atoms with Gasteiger partial charge in [-0.3, -0.25) is 4.79 Å². The van der Waals surface area contributed by atoms with E-state index in [1.807, 2.05) is 26.0 Å². The number of aldehydes is 1. The molecule has 0 atom stereocenters. The van der Waals surface area contributed by atoms with Crippen molar-refractivity contribution in [3.63, 3.8) is 0 Å². The minimum atomic E-state index is 0.162. The van der Waals surface area contributed by atoms with Crippen LogP contribution in [0.25, 0.3) is 0 Å². The minimum absolute atomic E-state index is 0.162. The van der Waals surface area contributed by atoms with Gasteiger partial charge in [-0.25, -0.2) is 9.97 Å². The normalized spacial score (nSPS) is 10.3. The molecule has 0 saturated heterocycles. The molecule has 0 fully saturated rings. The second-order valence-corrected chi connectivity index (χ2v) is 4.74. The molecule has 1 N–H and O–H groups in total. The number of nitrogens with zero attached hydrogens (tertiary/aromatic N) is 2. The standard InChI is InChI=1S/C14H14ClN3O/c1-8-4-5-12(9(2)6-8)18-14-11(7-19)13(15)16-10(3)17-14/h4-7H,1-3H3,(H,16,17,18). The summed E-state index contributed by atoms with van der Waals surface area (Å²) in [6.45, 7) is 5.75. The van der Waals surface area contributed by atoms with Crippen LogP contribution >= 0.6 is 11.6 Å². The van der Waals surface area contributed by atoms with Gasteiger partial charge in [0.25, 0.3) is 0 Å². The molecule has 0 unspecified atom stereocenters. The van der Waals surface area contributed by atoms with Crippen molar-refractivity contribution in [3.05, 3.63) is 45.9 Å². The van der Waals surface area contributed by atoms with Crippen LogP contribution in [0.5, 0.6) is 0 Å². The Morgan fingerprint density at radius 3 is 2.58 bits per heavy atom. The molecule has 98 valence electrons. The van der Waals surface area contributed by atoms with Gasteiger partial charge in [-0.15, -0.1) is 0 Å². The number of nitrogens with one attached hydrogen (secondary N) is 1. The van der Waals surface area contributed by atoms with E-state index >= 15 is 0 Å². The quantitative estimate of drug-likeness (QED) is 0.687. The third-order valence-electron chi connectivity index (χ3n) is 2.76. The number of benzene rings is 1. The Morgan fingerprint density at radius 2 is 1.95 bits per heavy atom. The summed E-state index contributed by atoms with van der Waals surface area (Å²) in [4.78, 5) is 19.3. The first-order valence-electron chi connectivity index (χ1n) is 5.85. The molecule has 5 heteroatoms. The van der Waals surface area contributed by atoms with Crippen molar-refractivity contribution in [1.29, 1.82) is 0 Å². The van der Waals surface area contributed by atoms with Crippen LogP contribution in [0.15, 0.2) is 18.2 Å². The van der Waals surface area contributed by atoms with Crippen molar-refractivity contribution in [2.75, 3.05) is 5.32 Å². The van der Waals surface area contributed by atoms with Gasteiger partial charge >= 0.3 is 0 Å². The van der Waals surface area contributed by atoms with Gasteiger partial charge in [-0.05, 0) is 32.4 Å². The van der Waals surface area contributed by atoms with E-state index in [0.717, 1.165) is 11.3 Å². The first kappa shape index (κ1) is 13.5. The molecule has 1 aromatic carbocycles. The minimum Gasteiger partial charge on any atom is -0.339 e. The molecular formula is C14H14ClN3O. The lowest BCUT2D eigenvalue weighted by Gasteiger charge is -2.12. The van der Waals surface area contributed by atoms with Crippen LogP contribution in [0.2, 0.25) is 5.15 Å². The zero-order valence-corrected chi connectivity index (χ0v) is 11.7. The number of carbonyl (C=O) groups is 1. The number of carbonyl (C=O) groups excluding carboxylic acids is 1. The molecule has 0 amide bonds. The Hall–Kier alpha value is -1.94. The maximum absolute atomic E-state index is 11.1. The average Bonchev–Trinajstić information content (AvgIpc) is 2.32. The highest BCUT2D eigenvalue weighted by Crippen LogP contribution is 2.25. The predicted octanol–water partition coefficient (Wildman–Crippen LogP) is 3.61. The summed E-state index contributed by atoms with van der Waals surface area (Å²) in [6, 6.07) is 5.99. The lowest BCUT2D eigenvalue weighted by Crippen LogP contribution is -2.04. The second kappa shape index (κ2) is 5.36. The first-order valence-corrected chi connectivity index (χ1v) is 6.22. The number of hydrogen-bond donors (Lipinski definition) is 1. The summed E-state index contributed by atoms with van der Waals surface area (Å²) in [7, 11) is 0. The molecule has 0 aliphatic heterocycles. The van der Waals surface area contributed by atoms with E-state index in [1.165, 1.54) is 5.56 Å². The lowest BCUT2D eigenvalue weighted by molar-refractivity contribution is 0.112. The molecule has 2 rings (SSSR count). The molecule has 0 radical (unpaired) electrons. The topological polar surface area (TPSA) is 54.9 Å². The van der Waals surface area contributed by atoms with E-state index < -0.39 is 0 Å². The van der Waals surface area contributed by atoms with Gasteiger partial charge in [0.15, 0.2) is 6.29 Å². The third kappa shape index (κ3) is 2.90.